The number of rotatable bonds is 2. The molecule has 0 amide bonds. The van der Waals surface area contributed by atoms with E-state index >= 15 is 0 Å². The monoisotopic (exact) mass is 203 g/mol. The van der Waals surface area contributed by atoms with Gasteiger partial charge in [0.15, 0.2) is 0 Å². The van der Waals surface area contributed by atoms with E-state index in [2.05, 4.69) is 18.8 Å². The summed E-state index contributed by atoms with van der Waals surface area (Å²) in [4.78, 5) is 15.2. The van der Waals surface area contributed by atoms with Gasteiger partial charge in [-0.3, -0.25) is 4.98 Å². The predicted molar refractivity (Wildman–Crippen MR) is 57.7 cm³/mol. The van der Waals surface area contributed by atoms with Crippen LogP contribution in [0, 0.1) is 5.92 Å². The Hall–Kier alpha value is -1.64. The van der Waals surface area contributed by atoms with Crippen LogP contribution in [-0.4, -0.2) is 16.1 Å². The van der Waals surface area contributed by atoms with E-state index in [1.165, 1.54) is 5.57 Å². The van der Waals surface area contributed by atoms with E-state index in [0.29, 0.717) is 11.5 Å². The lowest BCUT2D eigenvalue weighted by Crippen LogP contribution is -2.04. The van der Waals surface area contributed by atoms with E-state index in [0.717, 1.165) is 17.7 Å². The van der Waals surface area contributed by atoms with Crippen LogP contribution in [0.15, 0.2) is 17.8 Å². The van der Waals surface area contributed by atoms with Crippen LogP contribution in [0.4, 0.5) is 0 Å². The summed E-state index contributed by atoms with van der Waals surface area (Å²) in [5, 5.41) is 9.02. The molecule has 0 radical (unpaired) electrons. The molecule has 1 aliphatic rings. The predicted octanol–water partition coefficient (Wildman–Crippen LogP) is 2.38. The standard InChI is InChI=1S/C12H13NO2/c1-7(2)8-5-10-9(12(14)15)3-4-13-11(10)6-8/h3-4,6-7H,5H2,1-2H3,(H,14,15). The number of pyridine rings is 1. The Kier molecular flexibility index (Phi) is 2.31. The van der Waals surface area contributed by atoms with Gasteiger partial charge < -0.3 is 5.11 Å². The van der Waals surface area contributed by atoms with E-state index < -0.39 is 5.97 Å². The van der Waals surface area contributed by atoms with Crippen molar-refractivity contribution in [1.29, 1.82) is 0 Å². The average Bonchev–Trinajstić information content (AvgIpc) is 2.60. The second-order valence-electron chi connectivity index (χ2n) is 4.08. The highest BCUT2D eigenvalue weighted by molar-refractivity contribution is 5.91. The third-order valence-corrected chi connectivity index (χ3v) is 2.76. The van der Waals surface area contributed by atoms with Crippen molar-refractivity contribution in [2.75, 3.05) is 0 Å². The third kappa shape index (κ3) is 1.65. The lowest BCUT2D eigenvalue weighted by Gasteiger charge is -2.06. The molecular weight excluding hydrogens is 190 g/mol. The van der Waals surface area contributed by atoms with Gasteiger partial charge >= 0.3 is 5.97 Å². The van der Waals surface area contributed by atoms with E-state index in [4.69, 9.17) is 5.11 Å². The van der Waals surface area contributed by atoms with E-state index in [9.17, 15) is 4.79 Å². The Morgan fingerprint density at radius 2 is 2.27 bits per heavy atom. The Morgan fingerprint density at radius 1 is 1.53 bits per heavy atom. The first-order chi connectivity index (χ1) is 7.09. The van der Waals surface area contributed by atoms with Gasteiger partial charge in [0.1, 0.15) is 0 Å². The number of aromatic nitrogens is 1. The van der Waals surface area contributed by atoms with Gasteiger partial charge in [0.05, 0.1) is 11.3 Å². The molecule has 15 heavy (non-hydrogen) atoms. The van der Waals surface area contributed by atoms with Gasteiger partial charge in [-0.1, -0.05) is 19.4 Å². The van der Waals surface area contributed by atoms with Crippen LogP contribution in [0.2, 0.25) is 0 Å². The molecule has 0 saturated carbocycles. The lowest BCUT2D eigenvalue weighted by atomic mass is 9.99. The molecule has 3 nitrogen and oxygen atoms in total. The lowest BCUT2D eigenvalue weighted by molar-refractivity contribution is 0.0695. The van der Waals surface area contributed by atoms with Gasteiger partial charge in [-0.25, -0.2) is 4.79 Å². The minimum atomic E-state index is -0.868. The van der Waals surface area contributed by atoms with Crippen LogP contribution in [0.3, 0.4) is 0 Å². The molecule has 0 saturated heterocycles. The molecule has 1 aromatic heterocycles. The SMILES string of the molecule is CC(C)C1=Cc2nccc(C(=O)O)c2C1. The van der Waals surface area contributed by atoms with Crippen molar-refractivity contribution in [2.24, 2.45) is 5.92 Å². The van der Waals surface area contributed by atoms with Gasteiger partial charge in [-0.05, 0) is 30.0 Å². The Bertz CT molecular complexity index is 447. The minimum absolute atomic E-state index is 0.381. The Morgan fingerprint density at radius 3 is 2.87 bits per heavy atom. The molecule has 0 aromatic carbocycles. The molecule has 1 heterocycles. The average molecular weight is 203 g/mol. The molecule has 0 fully saturated rings. The molecule has 3 heteroatoms. The number of allylic oxidation sites excluding steroid dienone is 1. The van der Waals surface area contributed by atoms with Crippen molar-refractivity contribution in [2.45, 2.75) is 20.3 Å². The fraction of sp³-hybridized carbons (Fsp3) is 0.333. The summed E-state index contributed by atoms with van der Waals surface area (Å²) in [6, 6.07) is 1.57. The van der Waals surface area contributed by atoms with Gasteiger partial charge in [-0.2, -0.15) is 0 Å². The smallest absolute Gasteiger partial charge is 0.336 e. The van der Waals surface area contributed by atoms with E-state index in [1.807, 2.05) is 6.08 Å². The van der Waals surface area contributed by atoms with Crippen molar-refractivity contribution in [3.63, 3.8) is 0 Å². The molecule has 0 bridgehead atoms. The van der Waals surface area contributed by atoms with Gasteiger partial charge in [-0.15, -0.1) is 0 Å². The zero-order chi connectivity index (χ0) is 11.0. The molecule has 0 spiro atoms. The Balaban J connectivity index is 2.45. The molecule has 0 atom stereocenters. The van der Waals surface area contributed by atoms with Crippen molar-refractivity contribution >= 4 is 12.0 Å². The van der Waals surface area contributed by atoms with Crippen molar-refractivity contribution in [3.05, 3.63) is 34.7 Å². The summed E-state index contributed by atoms with van der Waals surface area (Å²) >= 11 is 0. The summed E-state index contributed by atoms with van der Waals surface area (Å²) < 4.78 is 0. The summed E-state index contributed by atoms with van der Waals surface area (Å²) in [5.74, 6) is -0.423. The summed E-state index contributed by atoms with van der Waals surface area (Å²) in [6.07, 6.45) is 4.29. The van der Waals surface area contributed by atoms with Crippen LogP contribution < -0.4 is 0 Å². The number of hydrogen-bond donors (Lipinski definition) is 1. The zero-order valence-electron chi connectivity index (χ0n) is 8.82. The van der Waals surface area contributed by atoms with Gasteiger partial charge in [0.2, 0.25) is 0 Å². The topological polar surface area (TPSA) is 50.2 Å². The van der Waals surface area contributed by atoms with Crippen LogP contribution in [0.25, 0.3) is 6.08 Å². The first kappa shape index (κ1) is 9.90. The molecule has 1 aliphatic carbocycles. The number of aromatic carboxylic acids is 1. The minimum Gasteiger partial charge on any atom is -0.478 e. The fourth-order valence-electron chi connectivity index (χ4n) is 1.82. The number of nitrogens with zero attached hydrogens (tertiary/aromatic N) is 1. The summed E-state index contributed by atoms with van der Waals surface area (Å²) in [6.45, 7) is 4.22. The maximum Gasteiger partial charge on any atom is 0.336 e. The zero-order valence-corrected chi connectivity index (χ0v) is 8.82. The maximum atomic E-state index is 11.0. The largest absolute Gasteiger partial charge is 0.478 e. The van der Waals surface area contributed by atoms with Crippen LogP contribution in [-0.2, 0) is 6.42 Å². The molecule has 0 unspecified atom stereocenters. The summed E-state index contributed by atoms with van der Waals surface area (Å²) in [7, 11) is 0. The van der Waals surface area contributed by atoms with Crippen molar-refractivity contribution in [1.82, 2.24) is 4.98 Å². The van der Waals surface area contributed by atoms with E-state index in [1.54, 1.807) is 12.3 Å². The second-order valence-corrected chi connectivity index (χ2v) is 4.08. The highest BCUT2D eigenvalue weighted by Gasteiger charge is 2.21. The van der Waals surface area contributed by atoms with Crippen LogP contribution in [0.5, 0.6) is 0 Å². The third-order valence-electron chi connectivity index (χ3n) is 2.76. The molecule has 78 valence electrons. The van der Waals surface area contributed by atoms with Crippen LogP contribution >= 0.6 is 0 Å². The Labute approximate surface area is 88.5 Å². The molecule has 2 rings (SSSR count). The highest BCUT2D eigenvalue weighted by Crippen LogP contribution is 2.30. The molecule has 1 aromatic rings. The number of carboxylic acid groups (broad SMARTS) is 1. The van der Waals surface area contributed by atoms with Gasteiger partial charge in [0, 0.05) is 6.20 Å². The normalized spacial score (nSPS) is 13.9. The number of fused-ring (bicyclic) bond motifs is 1. The van der Waals surface area contributed by atoms with Crippen molar-refractivity contribution in [3.8, 4) is 0 Å². The quantitative estimate of drug-likeness (QED) is 0.802. The number of carbonyl (C=O) groups is 1. The van der Waals surface area contributed by atoms with E-state index in [-0.39, 0.29) is 0 Å². The fourth-order valence-corrected chi connectivity index (χ4v) is 1.82. The van der Waals surface area contributed by atoms with Crippen LogP contribution in [0.1, 0.15) is 35.5 Å². The molecule has 0 aliphatic heterocycles. The van der Waals surface area contributed by atoms with Crippen molar-refractivity contribution < 1.29 is 9.90 Å². The number of hydrogen-bond acceptors (Lipinski definition) is 2. The maximum absolute atomic E-state index is 11.0. The van der Waals surface area contributed by atoms with Gasteiger partial charge in [0.25, 0.3) is 0 Å². The summed E-state index contributed by atoms with van der Waals surface area (Å²) in [5.41, 5.74) is 3.31. The molecule has 1 N–H and O–H groups in total. The number of carboxylic acids is 1. The second kappa shape index (κ2) is 3.50. The first-order valence-corrected chi connectivity index (χ1v) is 5.01. The molecular formula is C12H13NO2. The highest BCUT2D eigenvalue weighted by atomic mass is 16.4. The first-order valence-electron chi connectivity index (χ1n) is 5.01.